The molecule has 1 aromatic carbocycles. The predicted molar refractivity (Wildman–Crippen MR) is 45.4 cm³/mol. The first kappa shape index (κ1) is 6.30. The quantitative estimate of drug-likeness (QED) is 0.503. The zero-order valence-electron chi connectivity index (χ0n) is 5.54. The summed E-state index contributed by atoms with van der Waals surface area (Å²) >= 11 is 0. The second-order valence-electron chi connectivity index (χ2n) is 1.91. The van der Waals surface area contributed by atoms with Crippen molar-refractivity contribution in [3.05, 3.63) is 41.6 Å². The molecule has 9 heavy (non-hydrogen) atoms. The normalized spacial score (nSPS) is 10.7. The lowest BCUT2D eigenvalue weighted by molar-refractivity contribution is 1.66. The zero-order chi connectivity index (χ0) is 6.53. The predicted octanol–water partition coefficient (Wildman–Crippen LogP) is 1.02. The van der Waals surface area contributed by atoms with Crippen molar-refractivity contribution in [3.8, 4) is 0 Å². The van der Waals surface area contributed by atoms with Crippen molar-refractivity contribution in [2.75, 3.05) is 0 Å². The van der Waals surface area contributed by atoms with Crippen molar-refractivity contribution in [1.82, 2.24) is 0 Å². The Balaban J connectivity index is 2.85. The molecule has 0 nitrogen and oxygen atoms in total. The Bertz CT molecular complexity index is 189. The van der Waals surface area contributed by atoms with E-state index in [1.807, 2.05) is 6.07 Å². The summed E-state index contributed by atoms with van der Waals surface area (Å²) in [5.74, 6) is 0. The van der Waals surface area contributed by atoms with E-state index < -0.39 is 0 Å². The van der Waals surface area contributed by atoms with Crippen molar-refractivity contribution in [3.63, 3.8) is 0 Å². The van der Waals surface area contributed by atoms with E-state index in [1.165, 1.54) is 5.56 Å². The summed E-state index contributed by atoms with van der Waals surface area (Å²) < 4.78 is 0. The highest BCUT2D eigenvalue weighted by molar-refractivity contribution is 6.19. The highest BCUT2D eigenvalue weighted by Crippen LogP contribution is 1.98. The van der Waals surface area contributed by atoms with Gasteiger partial charge in [-0.2, -0.15) is 0 Å². The molecule has 0 bridgehead atoms. The van der Waals surface area contributed by atoms with Crippen LogP contribution in [0.2, 0.25) is 0 Å². The van der Waals surface area contributed by atoms with Gasteiger partial charge in [-0.05, 0) is 5.56 Å². The lowest BCUT2D eigenvalue weighted by atomic mass is 10.2. The Morgan fingerprint density at radius 2 is 1.78 bits per heavy atom. The molecular weight excluding hydrogens is 124 g/mol. The van der Waals surface area contributed by atoms with Crippen LogP contribution in [0.15, 0.2) is 36.0 Å². The Morgan fingerprint density at radius 1 is 1.11 bits per heavy atom. The van der Waals surface area contributed by atoms with Crippen LogP contribution in [0.4, 0.5) is 0 Å². The number of hydrogen-bond acceptors (Lipinski definition) is 0. The van der Waals surface area contributed by atoms with Gasteiger partial charge in [0.1, 0.15) is 0 Å². The van der Waals surface area contributed by atoms with E-state index in [2.05, 4.69) is 36.0 Å². The fourth-order valence-corrected chi connectivity index (χ4v) is 1.14. The maximum atomic E-state index is 2.18. The molecule has 46 valence electrons. The fourth-order valence-electron chi connectivity index (χ4n) is 0.757. The third-order valence-corrected chi connectivity index (χ3v) is 1.49. The van der Waals surface area contributed by atoms with E-state index in [-0.39, 0.29) is 0 Å². The van der Waals surface area contributed by atoms with E-state index >= 15 is 0 Å². The van der Waals surface area contributed by atoms with Gasteiger partial charge in [0, 0.05) is 10.2 Å². The molecule has 0 spiro atoms. The van der Waals surface area contributed by atoms with Crippen molar-refractivity contribution in [2.45, 2.75) is 0 Å². The monoisotopic (exact) mass is 134 g/mol. The molecule has 1 rings (SSSR count). The average Bonchev–Trinajstić information content (AvgIpc) is 1.91. The number of benzene rings is 1. The summed E-state index contributed by atoms with van der Waals surface area (Å²) in [4.78, 5) is 0. The van der Waals surface area contributed by atoms with Crippen LogP contribution in [-0.4, -0.2) is 10.2 Å². The summed E-state index contributed by atoms with van der Waals surface area (Å²) in [7, 11) is 1.14. The van der Waals surface area contributed by atoms with Gasteiger partial charge in [0.05, 0.1) is 0 Å². The maximum Gasteiger partial charge on any atom is 0.0291 e. The van der Waals surface area contributed by atoms with Gasteiger partial charge in [-0.1, -0.05) is 36.4 Å². The maximum absolute atomic E-state index is 2.18. The summed E-state index contributed by atoms with van der Waals surface area (Å²) in [6.45, 7) is 0. The second kappa shape index (κ2) is 3.25. The van der Waals surface area contributed by atoms with Crippen LogP contribution in [-0.2, 0) is 0 Å². The fraction of sp³-hybridized carbons (Fsp3) is 0. The molecule has 0 heterocycles. The number of rotatable bonds is 1. The summed E-state index contributed by atoms with van der Waals surface area (Å²) in [6.07, 6.45) is 2.15. The summed E-state index contributed by atoms with van der Waals surface area (Å²) in [5.41, 5.74) is 3.47. The minimum Gasteiger partial charge on any atom is -0.105 e. The van der Waals surface area contributed by atoms with E-state index in [0.29, 0.717) is 0 Å². The highest BCUT2D eigenvalue weighted by atomic mass is 28.1. The number of hydrogen-bond donors (Lipinski definition) is 0. The van der Waals surface area contributed by atoms with Crippen molar-refractivity contribution >= 4 is 16.3 Å². The van der Waals surface area contributed by atoms with Gasteiger partial charge in [0.15, 0.2) is 0 Å². The van der Waals surface area contributed by atoms with Crippen LogP contribution in [0.5, 0.6) is 0 Å². The Labute approximate surface area is 58.6 Å². The van der Waals surface area contributed by atoms with Crippen molar-refractivity contribution in [2.24, 2.45) is 0 Å². The third-order valence-electron chi connectivity index (χ3n) is 1.16. The van der Waals surface area contributed by atoms with E-state index in [9.17, 15) is 0 Å². The average molecular weight is 134 g/mol. The van der Waals surface area contributed by atoms with Crippen molar-refractivity contribution < 1.29 is 0 Å². The van der Waals surface area contributed by atoms with E-state index in [1.54, 1.807) is 0 Å². The van der Waals surface area contributed by atoms with Gasteiger partial charge < -0.3 is 0 Å². The first-order valence-corrected chi connectivity index (χ1v) is 4.26. The lowest BCUT2D eigenvalue weighted by Crippen LogP contribution is -1.66. The summed E-state index contributed by atoms with van der Waals surface area (Å²) in [5, 5.41) is 0. The molecule has 0 aromatic heterocycles. The van der Waals surface area contributed by atoms with Crippen LogP contribution in [0.3, 0.4) is 0 Å². The molecule has 0 aliphatic rings. The Kier molecular flexibility index (Phi) is 2.28. The molecular formula is C8H10Si. The smallest absolute Gasteiger partial charge is 0.0291 e. The van der Waals surface area contributed by atoms with Gasteiger partial charge >= 0.3 is 0 Å². The van der Waals surface area contributed by atoms with Gasteiger partial charge in [0.2, 0.25) is 0 Å². The van der Waals surface area contributed by atoms with E-state index in [0.717, 1.165) is 10.2 Å². The van der Waals surface area contributed by atoms with Crippen LogP contribution >= 0.6 is 0 Å². The standard InChI is InChI=1S/C8H10Si/c9-7-6-8-4-2-1-3-5-8/h1-7H,9H3/b7-6+. The lowest BCUT2D eigenvalue weighted by Gasteiger charge is -1.87. The second-order valence-corrected chi connectivity index (χ2v) is 2.58. The SMILES string of the molecule is [SiH3]/C=C/c1ccccc1. The molecule has 0 saturated heterocycles. The highest BCUT2D eigenvalue weighted by Gasteiger charge is 1.77. The van der Waals surface area contributed by atoms with E-state index in [4.69, 9.17) is 0 Å². The minimum absolute atomic E-state index is 1.14. The van der Waals surface area contributed by atoms with Gasteiger partial charge in [-0.15, -0.1) is 5.70 Å². The molecule has 0 fully saturated rings. The van der Waals surface area contributed by atoms with Gasteiger partial charge in [-0.3, -0.25) is 0 Å². The molecule has 0 aliphatic heterocycles. The summed E-state index contributed by atoms with van der Waals surface area (Å²) in [6, 6.07) is 10.3. The van der Waals surface area contributed by atoms with Crippen LogP contribution in [0, 0.1) is 0 Å². The van der Waals surface area contributed by atoms with Gasteiger partial charge in [-0.25, -0.2) is 0 Å². The molecule has 0 N–H and O–H groups in total. The first-order chi connectivity index (χ1) is 4.43. The minimum atomic E-state index is 1.14. The van der Waals surface area contributed by atoms with Crippen LogP contribution in [0.25, 0.3) is 6.08 Å². The molecule has 0 unspecified atom stereocenters. The zero-order valence-corrected chi connectivity index (χ0v) is 7.54. The molecule has 0 amide bonds. The molecule has 1 heteroatoms. The molecule has 0 saturated carbocycles. The Hall–Kier alpha value is -0.823. The van der Waals surface area contributed by atoms with Crippen LogP contribution < -0.4 is 0 Å². The topological polar surface area (TPSA) is 0 Å². The largest absolute Gasteiger partial charge is 0.105 e. The van der Waals surface area contributed by atoms with Gasteiger partial charge in [0.25, 0.3) is 0 Å². The first-order valence-electron chi connectivity index (χ1n) is 3.11. The molecule has 0 atom stereocenters. The molecule has 0 aliphatic carbocycles. The van der Waals surface area contributed by atoms with Crippen LogP contribution in [0.1, 0.15) is 5.56 Å². The van der Waals surface area contributed by atoms with Crippen molar-refractivity contribution in [1.29, 1.82) is 0 Å². The Morgan fingerprint density at radius 3 is 2.33 bits per heavy atom. The third kappa shape index (κ3) is 1.86. The molecule has 0 radical (unpaired) electrons. The molecule has 1 aromatic rings.